The van der Waals surface area contributed by atoms with E-state index in [2.05, 4.69) is 10.6 Å². The van der Waals surface area contributed by atoms with Crippen LogP contribution < -0.4 is 15.5 Å². The van der Waals surface area contributed by atoms with Crippen LogP contribution in [-0.4, -0.2) is 39.7 Å². The van der Waals surface area contributed by atoms with E-state index in [9.17, 15) is 22.4 Å². The lowest BCUT2D eigenvalue weighted by Gasteiger charge is -2.27. The van der Waals surface area contributed by atoms with Gasteiger partial charge in [0, 0.05) is 31.5 Å². The second kappa shape index (κ2) is 8.20. The molecule has 29 heavy (non-hydrogen) atoms. The Morgan fingerprint density at radius 3 is 2.48 bits per heavy atom. The zero-order valence-electron chi connectivity index (χ0n) is 16.1. The molecule has 1 aliphatic heterocycles. The summed E-state index contributed by atoms with van der Waals surface area (Å²) < 4.78 is 37.4. The molecular formula is C20H22FN3O4S. The van der Waals surface area contributed by atoms with Gasteiger partial charge in [0.25, 0.3) is 0 Å². The number of imide groups is 1. The Labute approximate surface area is 168 Å². The van der Waals surface area contributed by atoms with Gasteiger partial charge in [0.15, 0.2) is 9.84 Å². The predicted molar refractivity (Wildman–Crippen MR) is 108 cm³/mol. The smallest absolute Gasteiger partial charge is 0.328 e. The number of hydrogen-bond acceptors (Lipinski definition) is 5. The average molecular weight is 419 g/mol. The Bertz CT molecular complexity index is 1040. The van der Waals surface area contributed by atoms with Crippen LogP contribution in [-0.2, 0) is 14.6 Å². The van der Waals surface area contributed by atoms with Gasteiger partial charge in [-0.3, -0.25) is 15.0 Å². The van der Waals surface area contributed by atoms with E-state index in [1.54, 1.807) is 30.3 Å². The number of nitrogens with zero attached hydrogens (tertiary/aromatic N) is 1. The van der Waals surface area contributed by atoms with Crippen molar-refractivity contribution in [2.75, 3.05) is 29.6 Å². The number of rotatable bonds is 6. The maximum absolute atomic E-state index is 14.2. The number of halogens is 1. The third-order valence-corrected chi connectivity index (χ3v) is 5.91. The zero-order chi connectivity index (χ0) is 21.2. The molecule has 3 amide bonds. The number of anilines is 2. The van der Waals surface area contributed by atoms with Crippen LogP contribution in [0.1, 0.15) is 24.8 Å². The maximum Gasteiger partial charge on any atom is 0.328 e. The quantitative estimate of drug-likeness (QED) is 0.751. The van der Waals surface area contributed by atoms with E-state index in [1.165, 1.54) is 17.0 Å². The highest BCUT2D eigenvalue weighted by atomic mass is 32.2. The SMILES string of the molecule is CC(CNc1ccc(F)c(N2CCC(=O)NC2=O)c1)c1ccc(S(C)(=O)=O)cc1. The van der Waals surface area contributed by atoms with Crippen molar-refractivity contribution in [3.8, 4) is 0 Å². The van der Waals surface area contributed by atoms with Gasteiger partial charge >= 0.3 is 6.03 Å². The zero-order valence-corrected chi connectivity index (χ0v) is 16.9. The second-order valence-electron chi connectivity index (χ2n) is 7.04. The summed E-state index contributed by atoms with van der Waals surface area (Å²) in [6, 6.07) is 10.4. The molecule has 0 aromatic heterocycles. The van der Waals surface area contributed by atoms with Crippen molar-refractivity contribution in [1.29, 1.82) is 0 Å². The van der Waals surface area contributed by atoms with Gasteiger partial charge in [-0.1, -0.05) is 19.1 Å². The van der Waals surface area contributed by atoms with E-state index < -0.39 is 21.7 Å². The molecule has 1 atom stereocenters. The summed E-state index contributed by atoms with van der Waals surface area (Å²) in [6.07, 6.45) is 1.28. The Morgan fingerprint density at radius 2 is 1.86 bits per heavy atom. The van der Waals surface area contributed by atoms with Crippen molar-refractivity contribution < 1.29 is 22.4 Å². The highest BCUT2D eigenvalue weighted by Gasteiger charge is 2.26. The Morgan fingerprint density at radius 1 is 1.17 bits per heavy atom. The second-order valence-corrected chi connectivity index (χ2v) is 9.06. The van der Waals surface area contributed by atoms with Gasteiger partial charge in [0.05, 0.1) is 10.6 Å². The van der Waals surface area contributed by atoms with E-state index in [0.717, 1.165) is 11.8 Å². The first kappa shape index (κ1) is 20.8. The third kappa shape index (κ3) is 4.92. The fourth-order valence-corrected chi connectivity index (χ4v) is 3.69. The largest absolute Gasteiger partial charge is 0.384 e. The van der Waals surface area contributed by atoms with E-state index in [1.807, 2.05) is 6.92 Å². The van der Waals surface area contributed by atoms with Crippen LogP contribution in [0.4, 0.5) is 20.6 Å². The van der Waals surface area contributed by atoms with Gasteiger partial charge in [0.2, 0.25) is 5.91 Å². The molecule has 7 nitrogen and oxygen atoms in total. The molecule has 2 N–H and O–H groups in total. The van der Waals surface area contributed by atoms with Crippen molar-refractivity contribution >= 4 is 33.2 Å². The summed E-state index contributed by atoms with van der Waals surface area (Å²) in [4.78, 5) is 24.7. The van der Waals surface area contributed by atoms with Crippen LogP contribution >= 0.6 is 0 Å². The topological polar surface area (TPSA) is 95.6 Å². The first-order valence-corrected chi connectivity index (χ1v) is 11.0. The molecule has 2 aromatic carbocycles. The van der Waals surface area contributed by atoms with Crippen molar-refractivity contribution in [3.05, 3.63) is 53.8 Å². The van der Waals surface area contributed by atoms with Crippen molar-refractivity contribution in [2.45, 2.75) is 24.2 Å². The maximum atomic E-state index is 14.2. The molecular weight excluding hydrogens is 397 g/mol. The van der Waals surface area contributed by atoms with Crippen LogP contribution in [0.3, 0.4) is 0 Å². The summed E-state index contributed by atoms with van der Waals surface area (Å²) >= 11 is 0. The molecule has 1 unspecified atom stereocenters. The summed E-state index contributed by atoms with van der Waals surface area (Å²) in [5.74, 6) is -0.867. The molecule has 3 rings (SSSR count). The highest BCUT2D eigenvalue weighted by Crippen LogP contribution is 2.26. The Kier molecular flexibility index (Phi) is 5.88. The molecule has 0 bridgehead atoms. The lowest BCUT2D eigenvalue weighted by atomic mass is 10.0. The van der Waals surface area contributed by atoms with Crippen LogP contribution in [0.5, 0.6) is 0 Å². The van der Waals surface area contributed by atoms with Crippen LogP contribution in [0.2, 0.25) is 0 Å². The van der Waals surface area contributed by atoms with E-state index in [4.69, 9.17) is 0 Å². The Hall–Kier alpha value is -2.94. The Balaban J connectivity index is 1.69. The summed E-state index contributed by atoms with van der Waals surface area (Å²) in [7, 11) is -3.24. The molecule has 1 saturated heterocycles. The van der Waals surface area contributed by atoms with Gasteiger partial charge in [-0.2, -0.15) is 0 Å². The van der Waals surface area contributed by atoms with Gasteiger partial charge in [-0.05, 0) is 41.8 Å². The van der Waals surface area contributed by atoms with Crippen molar-refractivity contribution in [2.24, 2.45) is 0 Å². The fraction of sp³-hybridized carbons (Fsp3) is 0.300. The van der Waals surface area contributed by atoms with Crippen molar-refractivity contribution in [1.82, 2.24) is 5.32 Å². The number of hydrogen-bond donors (Lipinski definition) is 2. The van der Waals surface area contributed by atoms with Gasteiger partial charge < -0.3 is 5.32 Å². The fourth-order valence-electron chi connectivity index (χ4n) is 3.06. The van der Waals surface area contributed by atoms with E-state index in [-0.39, 0.29) is 35.4 Å². The first-order chi connectivity index (χ1) is 13.6. The molecule has 0 spiro atoms. The molecule has 154 valence electrons. The van der Waals surface area contributed by atoms with Gasteiger partial charge in [-0.25, -0.2) is 17.6 Å². The number of sulfone groups is 1. The standard InChI is InChI=1S/C20H22FN3O4S/c1-13(14-3-6-16(7-4-14)29(2,27)28)12-22-15-5-8-17(21)18(11-15)24-10-9-19(25)23-20(24)26/h3-8,11,13,22H,9-10,12H2,1-2H3,(H,23,25,26). The summed E-state index contributed by atoms with van der Waals surface area (Å²) in [5, 5.41) is 5.39. The third-order valence-electron chi connectivity index (χ3n) is 4.78. The molecule has 1 aliphatic rings. The normalized spacial score (nSPS) is 15.8. The number of amides is 3. The number of carbonyl (C=O) groups is 2. The predicted octanol–water partition coefficient (Wildman–Crippen LogP) is 2.89. The number of urea groups is 1. The molecule has 0 radical (unpaired) electrons. The molecule has 1 heterocycles. The highest BCUT2D eigenvalue weighted by molar-refractivity contribution is 7.90. The van der Waals surface area contributed by atoms with Crippen LogP contribution in [0, 0.1) is 5.82 Å². The van der Waals surface area contributed by atoms with Crippen molar-refractivity contribution in [3.63, 3.8) is 0 Å². The molecule has 9 heteroatoms. The number of carbonyl (C=O) groups excluding carboxylic acids is 2. The summed E-state index contributed by atoms with van der Waals surface area (Å²) in [6.45, 7) is 2.62. The van der Waals surface area contributed by atoms with Gasteiger partial charge in [-0.15, -0.1) is 0 Å². The molecule has 0 saturated carbocycles. The van der Waals surface area contributed by atoms with E-state index in [0.29, 0.717) is 12.2 Å². The lowest BCUT2D eigenvalue weighted by molar-refractivity contribution is -0.120. The van der Waals surface area contributed by atoms with Crippen LogP contribution in [0.25, 0.3) is 0 Å². The minimum absolute atomic E-state index is 0.0630. The molecule has 0 aliphatic carbocycles. The van der Waals surface area contributed by atoms with Crippen LogP contribution in [0.15, 0.2) is 47.4 Å². The first-order valence-electron chi connectivity index (χ1n) is 9.10. The number of nitrogens with one attached hydrogen (secondary N) is 2. The van der Waals surface area contributed by atoms with E-state index >= 15 is 0 Å². The average Bonchev–Trinajstić information content (AvgIpc) is 2.67. The minimum Gasteiger partial charge on any atom is -0.384 e. The summed E-state index contributed by atoms with van der Waals surface area (Å²) in [5.41, 5.74) is 1.69. The lowest BCUT2D eigenvalue weighted by Crippen LogP contribution is -2.49. The monoisotopic (exact) mass is 419 g/mol. The molecule has 2 aromatic rings. The van der Waals surface area contributed by atoms with Gasteiger partial charge in [0.1, 0.15) is 5.82 Å². The molecule has 1 fully saturated rings. The minimum atomic E-state index is -3.24. The number of benzene rings is 2.